The first-order valence-electron chi connectivity index (χ1n) is 26.2. The molecule has 0 aromatic heterocycles. The van der Waals surface area contributed by atoms with Gasteiger partial charge < -0.3 is 14.2 Å². The molecule has 0 spiro atoms. The Labute approximate surface area is 394 Å². The molecule has 0 aliphatic heterocycles. The van der Waals surface area contributed by atoms with Crippen LogP contribution in [0.4, 0.5) is 0 Å². The maximum Gasteiger partial charge on any atom is 0.306 e. The standard InChI is InChI=1S/C58H96O6/c1-4-7-10-13-16-19-22-25-28-29-31-33-36-39-42-45-48-51-57(60)63-54-55(53-62-56(59)50-47-44-41-38-35-32-27-24-21-18-15-12-9-6-3)64-58(61)52-49-46-43-40-37-34-30-26-23-20-17-14-11-8-5-2/h8,11,15-20,24-28,30,37,40,55H,4-7,9-10,12-14,21-23,29,31-36,38-39,41-54H2,1-3H3/b11-8-,18-15-,19-16-,20-17-,27-24-,28-25-,30-26-,40-37-. The molecule has 0 N–H and O–H groups in total. The van der Waals surface area contributed by atoms with Crippen molar-refractivity contribution < 1.29 is 28.6 Å². The predicted octanol–water partition coefficient (Wildman–Crippen LogP) is 17.4. The van der Waals surface area contributed by atoms with Gasteiger partial charge >= 0.3 is 17.9 Å². The average Bonchev–Trinajstić information content (AvgIpc) is 3.29. The van der Waals surface area contributed by atoms with E-state index in [1.165, 1.54) is 70.6 Å². The number of allylic oxidation sites excluding steroid dienone is 16. The van der Waals surface area contributed by atoms with Gasteiger partial charge in [0.15, 0.2) is 6.10 Å². The summed E-state index contributed by atoms with van der Waals surface area (Å²) in [5.74, 6) is -0.970. The molecule has 6 heteroatoms. The van der Waals surface area contributed by atoms with Crippen LogP contribution in [0.3, 0.4) is 0 Å². The first-order chi connectivity index (χ1) is 31.5. The lowest BCUT2D eigenvalue weighted by molar-refractivity contribution is -0.167. The zero-order chi connectivity index (χ0) is 46.5. The third kappa shape index (κ3) is 49.3. The fourth-order valence-electron chi connectivity index (χ4n) is 6.83. The third-order valence-electron chi connectivity index (χ3n) is 10.8. The van der Waals surface area contributed by atoms with Gasteiger partial charge in [0.05, 0.1) is 0 Å². The summed E-state index contributed by atoms with van der Waals surface area (Å²) in [7, 11) is 0. The van der Waals surface area contributed by atoms with E-state index in [1.807, 2.05) is 0 Å². The van der Waals surface area contributed by atoms with Crippen LogP contribution < -0.4 is 0 Å². The van der Waals surface area contributed by atoms with E-state index in [0.29, 0.717) is 19.3 Å². The van der Waals surface area contributed by atoms with Crippen molar-refractivity contribution in [2.24, 2.45) is 0 Å². The normalized spacial score (nSPS) is 12.9. The first kappa shape index (κ1) is 60.3. The lowest BCUT2D eigenvalue weighted by Gasteiger charge is -2.18. The number of carbonyl (C=O) groups excluding carboxylic acids is 3. The molecular formula is C58H96O6. The van der Waals surface area contributed by atoms with E-state index in [1.54, 1.807) is 0 Å². The molecule has 0 fully saturated rings. The van der Waals surface area contributed by atoms with Crippen LogP contribution in [0.25, 0.3) is 0 Å². The molecule has 0 aliphatic rings. The van der Waals surface area contributed by atoms with Crippen molar-refractivity contribution in [2.75, 3.05) is 13.2 Å². The molecule has 0 aromatic rings. The largest absolute Gasteiger partial charge is 0.462 e. The van der Waals surface area contributed by atoms with Crippen molar-refractivity contribution in [3.8, 4) is 0 Å². The first-order valence-corrected chi connectivity index (χ1v) is 26.2. The van der Waals surface area contributed by atoms with Gasteiger partial charge in [-0.05, 0) is 116 Å². The van der Waals surface area contributed by atoms with Crippen molar-refractivity contribution >= 4 is 17.9 Å². The molecule has 0 heterocycles. The SMILES string of the molecule is CC/C=C\C/C=C\C/C=C\C/C=C\CCCCC(=O)OC(COC(=O)CCCCCCC/C=C\C/C=C\CCCC)COC(=O)CCCCCCCCC/C=C\C/C=C\CCCCC. The fraction of sp³-hybridized carbons (Fsp3) is 0.672. The van der Waals surface area contributed by atoms with Crippen molar-refractivity contribution in [3.05, 3.63) is 97.2 Å². The highest BCUT2D eigenvalue weighted by Gasteiger charge is 2.19. The summed E-state index contributed by atoms with van der Waals surface area (Å²) in [6.45, 7) is 6.40. The monoisotopic (exact) mass is 889 g/mol. The van der Waals surface area contributed by atoms with Gasteiger partial charge in [0, 0.05) is 19.3 Å². The molecule has 0 bridgehead atoms. The molecule has 0 radical (unpaired) electrons. The second kappa shape index (κ2) is 52.0. The molecule has 0 saturated carbocycles. The number of rotatable bonds is 46. The van der Waals surface area contributed by atoms with Crippen molar-refractivity contribution in [2.45, 2.75) is 239 Å². The van der Waals surface area contributed by atoms with Gasteiger partial charge in [-0.15, -0.1) is 0 Å². The maximum atomic E-state index is 12.8. The number of carbonyl (C=O) groups is 3. The summed E-state index contributed by atoms with van der Waals surface area (Å²) in [6.07, 6.45) is 68.1. The Balaban J connectivity index is 4.49. The Morgan fingerprint density at radius 1 is 0.328 bits per heavy atom. The highest BCUT2D eigenvalue weighted by molar-refractivity contribution is 5.71. The molecule has 64 heavy (non-hydrogen) atoms. The second-order valence-electron chi connectivity index (χ2n) is 17.0. The van der Waals surface area contributed by atoms with Crippen LogP contribution in [-0.4, -0.2) is 37.2 Å². The van der Waals surface area contributed by atoms with Crippen LogP contribution in [0.1, 0.15) is 233 Å². The van der Waals surface area contributed by atoms with Gasteiger partial charge in [0.1, 0.15) is 13.2 Å². The van der Waals surface area contributed by atoms with E-state index in [9.17, 15) is 14.4 Å². The second-order valence-corrected chi connectivity index (χ2v) is 17.0. The van der Waals surface area contributed by atoms with Crippen LogP contribution in [0.15, 0.2) is 97.2 Å². The zero-order valence-electron chi connectivity index (χ0n) is 41.5. The van der Waals surface area contributed by atoms with E-state index in [4.69, 9.17) is 14.2 Å². The van der Waals surface area contributed by atoms with E-state index in [-0.39, 0.29) is 37.5 Å². The minimum absolute atomic E-state index is 0.104. The van der Waals surface area contributed by atoms with E-state index >= 15 is 0 Å². The van der Waals surface area contributed by atoms with E-state index in [2.05, 4.69) is 118 Å². The molecule has 1 unspecified atom stereocenters. The fourth-order valence-corrected chi connectivity index (χ4v) is 6.83. The zero-order valence-corrected chi connectivity index (χ0v) is 41.5. The van der Waals surface area contributed by atoms with Crippen LogP contribution in [0.2, 0.25) is 0 Å². The topological polar surface area (TPSA) is 78.9 Å². The van der Waals surface area contributed by atoms with Crippen molar-refractivity contribution in [1.82, 2.24) is 0 Å². The summed E-state index contributed by atoms with van der Waals surface area (Å²) < 4.78 is 16.8. The number of ether oxygens (including phenoxy) is 3. The summed E-state index contributed by atoms with van der Waals surface area (Å²) in [5.41, 5.74) is 0. The molecule has 364 valence electrons. The van der Waals surface area contributed by atoms with Crippen molar-refractivity contribution in [3.63, 3.8) is 0 Å². The Morgan fingerprint density at radius 2 is 0.625 bits per heavy atom. The molecule has 0 aliphatic carbocycles. The Morgan fingerprint density at radius 3 is 1.03 bits per heavy atom. The molecular weight excluding hydrogens is 793 g/mol. The minimum Gasteiger partial charge on any atom is -0.462 e. The summed E-state index contributed by atoms with van der Waals surface area (Å²) in [6, 6.07) is 0. The smallest absolute Gasteiger partial charge is 0.306 e. The molecule has 0 rings (SSSR count). The lowest BCUT2D eigenvalue weighted by atomic mass is 10.1. The van der Waals surface area contributed by atoms with Crippen LogP contribution in [0.5, 0.6) is 0 Å². The highest BCUT2D eigenvalue weighted by atomic mass is 16.6. The molecule has 0 saturated heterocycles. The van der Waals surface area contributed by atoms with Crippen molar-refractivity contribution in [1.29, 1.82) is 0 Å². The Hall–Kier alpha value is -3.67. The minimum atomic E-state index is -0.809. The van der Waals surface area contributed by atoms with Crippen LogP contribution in [-0.2, 0) is 28.6 Å². The number of unbranched alkanes of at least 4 members (excludes halogenated alkanes) is 19. The van der Waals surface area contributed by atoms with E-state index in [0.717, 1.165) is 116 Å². The van der Waals surface area contributed by atoms with Gasteiger partial charge in [0.2, 0.25) is 0 Å². The lowest BCUT2D eigenvalue weighted by Crippen LogP contribution is -2.30. The molecule has 6 nitrogen and oxygen atoms in total. The Bertz CT molecular complexity index is 1300. The number of esters is 3. The van der Waals surface area contributed by atoms with E-state index < -0.39 is 6.10 Å². The van der Waals surface area contributed by atoms with Crippen LogP contribution in [0, 0.1) is 0 Å². The van der Waals surface area contributed by atoms with Crippen LogP contribution >= 0.6 is 0 Å². The highest BCUT2D eigenvalue weighted by Crippen LogP contribution is 2.13. The number of hydrogen-bond acceptors (Lipinski definition) is 6. The Kier molecular flexibility index (Phi) is 49.0. The summed E-state index contributed by atoms with van der Waals surface area (Å²) in [5, 5.41) is 0. The van der Waals surface area contributed by atoms with Gasteiger partial charge in [0.25, 0.3) is 0 Å². The van der Waals surface area contributed by atoms with Gasteiger partial charge in [-0.3, -0.25) is 14.4 Å². The average molecular weight is 889 g/mol. The maximum absolute atomic E-state index is 12.8. The van der Waals surface area contributed by atoms with Gasteiger partial charge in [-0.2, -0.15) is 0 Å². The van der Waals surface area contributed by atoms with Gasteiger partial charge in [-0.1, -0.05) is 195 Å². The summed E-state index contributed by atoms with van der Waals surface area (Å²) in [4.78, 5) is 38.0. The number of hydrogen-bond donors (Lipinski definition) is 0. The quantitative estimate of drug-likeness (QED) is 0.0262. The predicted molar refractivity (Wildman–Crippen MR) is 274 cm³/mol. The summed E-state index contributed by atoms with van der Waals surface area (Å²) >= 11 is 0. The molecule has 0 aromatic carbocycles. The molecule has 1 atom stereocenters. The third-order valence-corrected chi connectivity index (χ3v) is 10.8. The van der Waals surface area contributed by atoms with Gasteiger partial charge in [-0.25, -0.2) is 0 Å². The molecule has 0 amide bonds.